The summed E-state index contributed by atoms with van der Waals surface area (Å²) in [4.78, 5) is 0. The molecule has 4 nitrogen and oxygen atoms in total. The molecule has 78 valence electrons. The van der Waals surface area contributed by atoms with E-state index < -0.39 is 0 Å². The fourth-order valence-corrected chi connectivity index (χ4v) is 0.771. The van der Waals surface area contributed by atoms with Crippen LogP contribution in [0, 0.1) is 5.21 Å². The van der Waals surface area contributed by atoms with E-state index in [4.69, 9.17) is 9.47 Å². The summed E-state index contributed by atoms with van der Waals surface area (Å²) >= 11 is 0. The summed E-state index contributed by atoms with van der Waals surface area (Å²) in [7, 11) is 1.59. The number of methoxy groups -OCH3 is 1. The second-order valence-corrected chi connectivity index (χ2v) is 2.67. The van der Waals surface area contributed by atoms with E-state index >= 15 is 0 Å². The monoisotopic (exact) mass is 189 g/mol. The summed E-state index contributed by atoms with van der Waals surface area (Å²) in [5, 5.41) is 11.1. The molecule has 1 atom stereocenters. The van der Waals surface area contributed by atoms with E-state index in [2.05, 4.69) is 0 Å². The van der Waals surface area contributed by atoms with Gasteiger partial charge in [-0.3, -0.25) is 0 Å². The van der Waals surface area contributed by atoms with Gasteiger partial charge in [0.2, 0.25) is 0 Å². The van der Waals surface area contributed by atoms with Crippen LogP contribution in [0.4, 0.5) is 0 Å². The highest BCUT2D eigenvalue weighted by Gasteiger charge is 1.86. The third kappa shape index (κ3) is 9.49. The number of likely N-dealkylation sites (N-methyl/N-ethyl adjacent to an activating group) is 1. The van der Waals surface area contributed by atoms with E-state index in [0.29, 0.717) is 26.5 Å². The van der Waals surface area contributed by atoms with Gasteiger partial charge in [-0.25, -0.2) is 0 Å². The van der Waals surface area contributed by atoms with Crippen molar-refractivity contribution < 1.29 is 14.5 Å². The number of quaternary nitrogens is 1. The largest absolute Gasteiger partial charge is 0.634 e. The highest BCUT2D eigenvalue weighted by Crippen LogP contribution is 1.84. The predicted octanol–water partition coefficient (Wildman–Crippen LogP) is -0.0442. The Morgan fingerprint density at radius 2 is 2.15 bits per heavy atom. The highest BCUT2D eigenvalue weighted by molar-refractivity contribution is 4.80. The smallest absolute Gasteiger partial charge is 0.146 e. The number of hydroxylamine groups is 2. The van der Waals surface area contributed by atoms with Crippen molar-refractivity contribution >= 4 is 0 Å². The average molecular weight is 189 g/mol. The first-order valence-electron chi connectivity index (χ1n) is 4.54. The van der Waals surface area contributed by atoms with Gasteiger partial charge in [-0.15, -0.1) is 0 Å². The molecule has 0 amide bonds. The zero-order chi connectivity index (χ0) is 9.94. The van der Waals surface area contributed by atoms with Crippen LogP contribution < -0.4 is 5.06 Å². The summed E-state index contributed by atoms with van der Waals surface area (Å²) in [5.74, 6) is 0. The van der Waals surface area contributed by atoms with Gasteiger partial charge in [0, 0.05) is 7.11 Å². The Labute approximate surface area is 79.7 Å². The minimum absolute atomic E-state index is 0.272. The second kappa shape index (κ2) is 9.67. The molecule has 0 aliphatic heterocycles. The normalized spacial score (nSPS) is 13.8. The molecule has 0 aromatic rings. The van der Waals surface area contributed by atoms with Gasteiger partial charge < -0.3 is 19.7 Å². The van der Waals surface area contributed by atoms with Crippen molar-refractivity contribution in [3.05, 3.63) is 17.4 Å². The Hall–Kier alpha value is -0.420. The van der Waals surface area contributed by atoms with Gasteiger partial charge in [-0.2, -0.15) is 0 Å². The Balaban J connectivity index is 3.12. The van der Waals surface area contributed by atoms with Gasteiger partial charge in [-0.05, 0) is 19.4 Å². The quantitative estimate of drug-likeness (QED) is 0.252. The molecular formula is C9H19NO3. The van der Waals surface area contributed by atoms with Crippen LogP contribution in [0.5, 0.6) is 0 Å². The molecule has 0 aromatic heterocycles. The molecule has 4 heteroatoms. The summed E-state index contributed by atoms with van der Waals surface area (Å²) in [6.07, 6.45) is 4.69. The van der Waals surface area contributed by atoms with Gasteiger partial charge in [0.15, 0.2) is 0 Å². The molecule has 0 fully saturated rings. The molecule has 0 aliphatic carbocycles. The topological polar surface area (TPSA) is 46.0 Å². The number of ether oxygens (including phenoxy) is 2. The minimum Gasteiger partial charge on any atom is -0.634 e. The van der Waals surface area contributed by atoms with Gasteiger partial charge in [-0.1, -0.05) is 6.08 Å². The maximum Gasteiger partial charge on any atom is 0.146 e. The molecule has 0 rings (SSSR count). The molecule has 0 saturated carbocycles. The van der Waals surface area contributed by atoms with Gasteiger partial charge in [0.25, 0.3) is 0 Å². The van der Waals surface area contributed by atoms with Crippen molar-refractivity contribution in [1.82, 2.24) is 0 Å². The zero-order valence-electron chi connectivity index (χ0n) is 8.41. The van der Waals surface area contributed by atoms with Gasteiger partial charge in [0.1, 0.15) is 6.79 Å². The summed E-state index contributed by atoms with van der Waals surface area (Å²) in [5.41, 5.74) is 0. The molecule has 1 unspecified atom stereocenters. The van der Waals surface area contributed by atoms with Crippen LogP contribution in [-0.4, -0.2) is 33.6 Å². The molecule has 1 N–H and O–H groups in total. The molecule has 0 aliphatic rings. The van der Waals surface area contributed by atoms with Crippen LogP contribution in [0.1, 0.15) is 13.3 Å². The average Bonchev–Trinajstić information content (AvgIpc) is 2.16. The lowest BCUT2D eigenvalue weighted by atomic mass is 10.4. The SMILES string of the molecule is CC[NH+]([O-])C/C=C\CCOCOC. The van der Waals surface area contributed by atoms with Gasteiger partial charge >= 0.3 is 0 Å². The van der Waals surface area contributed by atoms with Crippen LogP contribution in [0.15, 0.2) is 12.2 Å². The molecule has 0 radical (unpaired) electrons. The Morgan fingerprint density at radius 3 is 2.77 bits per heavy atom. The number of hydrogen-bond donors (Lipinski definition) is 1. The summed E-state index contributed by atoms with van der Waals surface area (Å²) < 4.78 is 9.76. The number of hydrogen-bond acceptors (Lipinski definition) is 3. The van der Waals surface area contributed by atoms with Crippen LogP contribution >= 0.6 is 0 Å². The van der Waals surface area contributed by atoms with E-state index in [9.17, 15) is 5.21 Å². The fraction of sp³-hybridized carbons (Fsp3) is 0.778. The molecule has 0 spiro atoms. The first-order chi connectivity index (χ1) is 6.31. The Morgan fingerprint density at radius 1 is 1.38 bits per heavy atom. The minimum atomic E-state index is 0.272. The van der Waals surface area contributed by atoms with Crippen molar-refractivity contribution in [2.24, 2.45) is 0 Å². The first-order valence-corrected chi connectivity index (χ1v) is 4.54. The lowest BCUT2D eigenvalue weighted by Crippen LogP contribution is -3.06. The second-order valence-electron chi connectivity index (χ2n) is 2.67. The molecule has 0 aromatic carbocycles. The standard InChI is InChI=1S/C9H19NO3/c1-3-10(11)7-5-4-6-8-13-9-12-2/h4-5,10H,3,6-9H2,1-2H3/b5-4-. The lowest BCUT2D eigenvalue weighted by molar-refractivity contribution is -0.839. The Bertz CT molecular complexity index is 128. The highest BCUT2D eigenvalue weighted by atomic mass is 16.7. The van der Waals surface area contributed by atoms with Crippen molar-refractivity contribution in [2.75, 3.05) is 33.6 Å². The summed E-state index contributed by atoms with van der Waals surface area (Å²) in [6, 6.07) is 0. The summed E-state index contributed by atoms with van der Waals surface area (Å²) in [6.45, 7) is 4.01. The molecule has 0 bridgehead atoms. The van der Waals surface area contributed by atoms with Crippen LogP contribution in [-0.2, 0) is 9.47 Å². The first kappa shape index (κ1) is 12.6. The maximum absolute atomic E-state index is 10.8. The van der Waals surface area contributed by atoms with E-state index in [1.54, 1.807) is 7.11 Å². The van der Waals surface area contributed by atoms with Crippen molar-refractivity contribution in [3.63, 3.8) is 0 Å². The van der Waals surface area contributed by atoms with E-state index in [0.717, 1.165) is 6.42 Å². The molecule has 0 heterocycles. The van der Waals surface area contributed by atoms with E-state index in [1.165, 1.54) is 0 Å². The lowest BCUT2D eigenvalue weighted by Gasteiger charge is -2.17. The Kier molecular flexibility index (Phi) is 9.35. The predicted molar refractivity (Wildman–Crippen MR) is 51.3 cm³/mol. The molecular weight excluding hydrogens is 170 g/mol. The number of nitrogens with one attached hydrogen (secondary N) is 1. The third-order valence-electron chi connectivity index (χ3n) is 1.54. The van der Waals surface area contributed by atoms with Crippen molar-refractivity contribution in [1.29, 1.82) is 0 Å². The number of rotatable bonds is 8. The van der Waals surface area contributed by atoms with E-state index in [1.807, 2.05) is 19.1 Å². The third-order valence-corrected chi connectivity index (χ3v) is 1.54. The van der Waals surface area contributed by atoms with Crippen LogP contribution in [0.25, 0.3) is 0 Å². The zero-order valence-corrected chi connectivity index (χ0v) is 8.41. The molecule has 13 heavy (non-hydrogen) atoms. The molecule has 0 saturated heterocycles. The van der Waals surface area contributed by atoms with Crippen molar-refractivity contribution in [3.8, 4) is 0 Å². The van der Waals surface area contributed by atoms with Crippen molar-refractivity contribution in [2.45, 2.75) is 13.3 Å². The van der Waals surface area contributed by atoms with E-state index in [-0.39, 0.29) is 5.06 Å². The fourth-order valence-electron chi connectivity index (χ4n) is 0.771. The maximum atomic E-state index is 10.8. The van der Waals surface area contributed by atoms with Gasteiger partial charge in [0.05, 0.1) is 19.7 Å². The van der Waals surface area contributed by atoms with Crippen LogP contribution in [0.3, 0.4) is 0 Å². The van der Waals surface area contributed by atoms with Crippen LogP contribution in [0.2, 0.25) is 0 Å².